The molecule has 0 saturated heterocycles. The summed E-state index contributed by atoms with van der Waals surface area (Å²) < 4.78 is 0. The zero-order valence-corrected chi connectivity index (χ0v) is 11.1. The second kappa shape index (κ2) is 7.80. The van der Waals surface area contributed by atoms with Gasteiger partial charge < -0.3 is 5.73 Å². The number of pyridine rings is 1. The van der Waals surface area contributed by atoms with E-state index in [1.54, 1.807) is 31.5 Å². The SMILES string of the molecule is CC(=O)c1ccc(C#Cc2cccnc2)cc1.CN. The van der Waals surface area contributed by atoms with Gasteiger partial charge in [-0.25, -0.2) is 0 Å². The highest BCUT2D eigenvalue weighted by molar-refractivity contribution is 5.94. The number of ketones is 1. The molecule has 0 spiro atoms. The van der Waals surface area contributed by atoms with Gasteiger partial charge in [0.1, 0.15) is 0 Å². The first kappa shape index (κ1) is 14.6. The van der Waals surface area contributed by atoms with Crippen LogP contribution in [0.2, 0.25) is 0 Å². The summed E-state index contributed by atoms with van der Waals surface area (Å²) in [4.78, 5) is 15.1. The molecule has 0 saturated carbocycles. The van der Waals surface area contributed by atoms with Crippen molar-refractivity contribution in [2.75, 3.05) is 7.05 Å². The van der Waals surface area contributed by atoms with E-state index < -0.39 is 0 Å². The lowest BCUT2D eigenvalue weighted by Crippen LogP contribution is -1.90. The molecule has 0 fully saturated rings. The van der Waals surface area contributed by atoms with Crippen LogP contribution in [-0.4, -0.2) is 17.8 Å². The Hall–Kier alpha value is -2.44. The summed E-state index contributed by atoms with van der Waals surface area (Å²) in [6.45, 7) is 1.55. The van der Waals surface area contributed by atoms with Crippen LogP contribution in [0.4, 0.5) is 0 Å². The number of hydrogen-bond donors (Lipinski definition) is 1. The molecule has 0 bridgehead atoms. The summed E-state index contributed by atoms with van der Waals surface area (Å²) in [5.41, 5.74) is 6.97. The third-order valence-corrected chi connectivity index (χ3v) is 2.30. The van der Waals surface area contributed by atoms with E-state index in [4.69, 9.17) is 0 Å². The molecule has 3 nitrogen and oxygen atoms in total. The van der Waals surface area contributed by atoms with Crippen LogP contribution in [0.1, 0.15) is 28.4 Å². The third kappa shape index (κ3) is 4.74. The van der Waals surface area contributed by atoms with E-state index >= 15 is 0 Å². The molecule has 1 heterocycles. The molecule has 3 heteroatoms. The molecule has 0 aliphatic rings. The number of hydrogen-bond acceptors (Lipinski definition) is 3. The van der Waals surface area contributed by atoms with Crippen molar-refractivity contribution >= 4 is 5.78 Å². The third-order valence-electron chi connectivity index (χ3n) is 2.30. The largest absolute Gasteiger partial charge is 0.333 e. The fourth-order valence-electron chi connectivity index (χ4n) is 1.37. The minimum absolute atomic E-state index is 0.0665. The van der Waals surface area contributed by atoms with Crippen LogP contribution in [-0.2, 0) is 0 Å². The fourth-order valence-corrected chi connectivity index (χ4v) is 1.37. The lowest BCUT2D eigenvalue weighted by molar-refractivity contribution is 0.101. The molecule has 19 heavy (non-hydrogen) atoms. The minimum Gasteiger partial charge on any atom is -0.333 e. The van der Waals surface area contributed by atoms with Crippen molar-refractivity contribution in [3.63, 3.8) is 0 Å². The zero-order chi connectivity index (χ0) is 14.1. The maximum Gasteiger partial charge on any atom is 0.159 e. The first-order valence-corrected chi connectivity index (χ1v) is 5.86. The first-order chi connectivity index (χ1) is 9.25. The van der Waals surface area contributed by atoms with E-state index in [0.29, 0.717) is 5.56 Å². The average molecular weight is 252 g/mol. The molecular weight excluding hydrogens is 236 g/mol. The maximum absolute atomic E-state index is 11.1. The Labute approximate surface area is 113 Å². The molecule has 0 aliphatic heterocycles. The van der Waals surface area contributed by atoms with E-state index in [1.165, 1.54) is 7.05 Å². The Morgan fingerprint density at radius 1 is 1.05 bits per heavy atom. The number of carbonyl (C=O) groups excluding carboxylic acids is 1. The summed E-state index contributed by atoms with van der Waals surface area (Å²) in [5, 5.41) is 0. The number of nitrogens with zero attached hydrogens (tertiary/aromatic N) is 1. The molecule has 0 radical (unpaired) electrons. The molecule has 2 N–H and O–H groups in total. The second-order valence-corrected chi connectivity index (χ2v) is 3.63. The molecular formula is C16H16N2O. The van der Waals surface area contributed by atoms with Crippen LogP contribution >= 0.6 is 0 Å². The van der Waals surface area contributed by atoms with Crippen molar-refractivity contribution in [1.82, 2.24) is 4.98 Å². The van der Waals surface area contributed by atoms with Crippen LogP contribution in [0.5, 0.6) is 0 Å². The van der Waals surface area contributed by atoms with E-state index in [-0.39, 0.29) is 5.78 Å². The number of nitrogens with two attached hydrogens (primary N) is 1. The number of carbonyl (C=O) groups is 1. The van der Waals surface area contributed by atoms with Crippen LogP contribution in [0, 0.1) is 11.8 Å². The van der Waals surface area contributed by atoms with Gasteiger partial charge in [0, 0.05) is 29.1 Å². The van der Waals surface area contributed by atoms with Crippen molar-refractivity contribution in [3.8, 4) is 11.8 Å². The van der Waals surface area contributed by atoms with Crippen LogP contribution < -0.4 is 5.73 Å². The number of benzene rings is 1. The van der Waals surface area contributed by atoms with Gasteiger partial charge in [0.25, 0.3) is 0 Å². The average Bonchev–Trinajstić information content (AvgIpc) is 2.49. The first-order valence-electron chi connectivity index (χ1n) is 5.86. The molecule has 1 aromatic heterocycles. The Kier molecular flexibility index (Phi) is 6.00. The Balaban J connectivity index is 0.000000861. The summed E-state index contributed by atoms with van der Waals surface area (Å²) in [5.74, 6) is 6.10. The molecule has 96 valence electrons. The number of rotatable bonds is 1. The standard InChI is InChI=1S/C15H11NO.CH5N/c1-12(17)15-8-6-13(7-9-15)4-5-14-3-2-10-16-11-14;1-2/h2-3,6-11H,1H3;2H2,1H3. The summed E-state index contributed by atoms with van der Waals surface area (Å²) >= 11 is 0. The Morgan fingerprint density at radius 2 is 1.68 bits per heavy atom. The molecule has 0 aliphatic carbocycles. The van der Waals surface area contributed by atoms with Gasteiger partial charge in [-0.2, -0.15) is 0 Å². The Morgan fingerprint density at radius 3 is 2.21 bits per heavy atom. The smallest absolute Gasteiger partial charge is 0.159 e. The van der Waals surface area contributed by atoms with Crippen LogP contribution in [0.15, 0.2) is 48.8 Å². The summed E-state index contributed by atoms with van der Waals surface area (Å²) in [6.07, 6.45) is 3.43. The van der Waals surface area contributed by atoms with Crippen molar-refractivity contribution in [3.05, 3.63) is 65.5 Å². The van der Waals surface area contributed by atoms with E-state index in [9.17, 15) is 4.79 Å². The maximum atomic E-state index is 11.1. The van der Waals surface area contributed by atoms with Gasteiger partial charge in [-0.05, 0) is 38.2 Å². The quantitative estimate of drug-likeness (QED) is 0.625. The molecule has 0 atom stereocenters. The van der Waals surface area contributed by atoms with Crippen molar-refractivity contribution in [2.45, 2.75) is 6.92 Å². The second-order valence-electron chi connectivity index (χ2n) is 3.63. The molecule has 0 amide bonds. The van der Waals surface area contributed by atoms with Gasteiger partial charge >= 0.3 is 0 Å². The summed E-state index contributed by atoms with van der Waals surface area (Å²) in [6, 6.07) is 11.0. The van der Waals surface area contributed by atoms with E-state index in [2.05, 4.69) is 22.6 Å². The van der Waals surface area contributed by atoms with E-state index in [0.717, 1.165) is 11.1 Å². The fraction of sp³-hybridized carbons (Fsp3) is 0.125. The van der Waals surface area contributed by atoms with E-state index in [1.807, 2.05) is 24.3 Å². The van der Waals surface area contributed by atoms with Gasteiger partial charge in [-0.3, -0.25) is 9.78 Å². The molecule has 1 aromatic carbocycles. The zero-order valence-electron chi connectivity index (χ0n) is 11.1. The topological polar surface area (TPSA) is 56.0 Å². The van der Waals surface area contributed by atoms with Crippen molar-refractivity contribution in [2.24, 2.45) is 5.73 Å². The summed E-state index contributed by atoms with van der Waals surface area (Å²) in [7, 11) is 1.50. The predicted octanol–water partition coefficient (Wildman–Crippen LogP) is 2.26. The Bertz CT molecular complexity index is 578. The molecule has 0 unspecified atom stereocenters. The van der Waals surface area contributed by atoms with Crippen LogP contribution in [0.3, 0.4) is 0 Å². The monoisotopic (exact) mass is 252 g/mol. The molecule has 2 rings (SSSR count). The van der Waals surface area contributed by atoms with Crippen molar-refractivity contribution in [1.29, 1.82) is 0 Å². The van der Waals surface area contributed by atoms with Crippen molar-refractivity contribution < 1.29 is 4.79 Å². The number of Topliss-reactive ketones (excluding diaryl/α,β-unsaturated/α-hetero) is 1. The number of aromatic nitrogens is 1. The highest BCUT2D eigenvalue weighted by atomic mass is 16.1. The lowest BCUT2D eigenvalue weighted by Gasteiger charge is -1.94. The normalized spacial score (nSPS) is 8.58. The van der Waals surface area contributed by atoms with Gasteiger partial charge in [-0.1, -0.05) is 24.0 Å². The van der Waals surface area contributed by atoms with Gasteiger partial charge in [0.2, 0.25) is 0 Å². The minimum atomic E-state index is 0.0665. The lowest BCUT2D eigenvalue weighted by atomic mass is 10.1. The van der Waals surface area contributed by atoms with Gasteiger partial charge in [0.15, 0.2) is 5.78 Å². The molecule has 2 aromatic rings. The van der Waals surface area contributed by atoms with Crippen LogP contribution in [0.25, 0.3) is 0 Å². The van der Waals surface area contributed by atoms with Gasteiger partial charge in [0.05, 0.1) is 0 Å². The van der Waals surface area contributed by atoms with Gasteiger partial charge in [-0.15, -0.1) is 0 Å². The highest BCUT2D eigenvalue weighted by Gasteiger charge is 1.96. The predicted molar refractivity (Wildman–Crippen MR) is 76.8 cm³/mol. The highest BCUT2D eigenvalue weighted by Crippen LogP contribution is 2.04.